The van der Waals surface area contributed by atoms with E-state index in [-0.39, 0.29) is 42.1 Å². The van der Waals surface area contributed by atoms with E-state index in [1.165, 1.54) is 12.1 Å². The lowest BCUT2D eigenvalue weighted by atomic mass is 10.1. The van der Waals surface area contributed by atoms with Gasteiger partial charge < -0.3 is 16.0 Å². The van der Waals surface area contributed by atoms with Crippen LogP contribution in [0.3, 0.4) is 0 Å². The molecule has 128 valence electrons. The predicted octanol–water partition coefficient (Wildman–Crippen LogP) is 1.47. The fourth-order valence-corrected chi connectivity index (χ4v) is 3.06. The first-order chi connectivity index (χ1) is 10.6. The number of nitrogens with one attached hydrogen (secondary N) is 1. The number of carbonyl (C=O) groups excluding carboxylic acids is 1. The third-order valence-electron chi connectivity index (χ3n) is 3.30. The molecule has 5 nitrogen and oxygen atoms in total. The topological polar surface area (TPSA) is 70.7 Å². The van der Waals surface area contributed by atoms with Crippen LogP contribution in [0.2, 0.25) is 0 Å². The zero-order chi connectivity index (χ0) is 15.8. The van der Waals surface area contributed by atoms with Gasteiger partial charge >= 0.3 is 0 Å². The van der Waals surface area contributed by atoms with Crippen molar-refractivity contribution in [1.29, 1.82) is 0 Å². The summed E-state index contributed by atoms with van der Waals surface area (Å²) in [5.74, 6) is 2.21. The van der Waals surface area contributed by atoms with E-state index in [1.54, 1.807) is 12.1 Å². The molecule has 0 saturated carbocycles. The Morgan fingerprint density at radius 1 is 1.39 bits per heavy atom. The lowest BCUT2D eigenvalue weighted by molar-refractivity contribution is -0.120. The van der Waals surface area contributed by atoms with E-state index in [0.717, 1.165) is 24.6 Å². The number of aliphatic imine (C=N–C) groups is 1. The Bertz CT molecular complexity index is 538. The van der Waals surface area contributed by atoms with Gasteiger partial charge in [-0.25, -0.2) is 4.39 Å². The van der Waals surface area contributed by atoms with Gasteiger partial charge in [-0.1, -0.05) is 12.1 Å². The predicted molar refractivity (Wildman–Crippen MR) is 104 cm³/mol. The average molecular weight is 452 g/mol. The summed E-state index contributed by atoms with van der Waals surface area (Å²) in [5, 5.41) is 2.76. The Kier molecular flexibility index (Phi) is 9.30. The van der Waals surface area contributed by atoms with E-state index in [4.69, 9.17) is 5.73 Å². The molecule has 8 heteroatoms. The number of hydrogen-bond donors (Lipinski definition) is 2. The molecule has 2 rings (SSSR count). The Morgan fingerprint density at radius 2 is 2.13 bits per heavy atom. The van der Waals surface area contributed by atoms with E-state index in [2.05, 4.69) is 15.2 Å². The Balaban J connectivity index is 0.00000264. The number of nitrogens with zero attached hydrogens (tertiary/aromatic N) is 2. The fourth-order valence-electron chi connectivity index (χ4n) is 2.15. The zero-order valence-corrected chi connectivity index (χ0v) is 16.0. The van der Waals surface area contributed by atoms with Crippen LogP contribution in [0, 0.1) is 5.82 Å². The molecule has 0 atom stereocenters. The van der Waals surface area contributed by atoms with Crippen LogP contribution in [-0.4, -0.2) is 54.5 Å². The van der Waals surface area contributed by atoms with E-state index in [9.17, 15) is 9.18 Å². The molecule has 0 aliphatic carbocycles. The molecule has 3 N–H and O–H groups in total. The van der Waals surface area contributed by atoms with Gasteiger partial charge in [-0.05, 0) is 17.7 Å². The molecule has 1 aliphatic heterocycles. The zero-order valence-electron chi connectivity index (χ0n) is 12.8. The van der Waals surface area contributed by atoms with Crippen LogP contribution in [0.25, 0.3) is 0 Å². The van der Waals surface area contributed by atoms with E-state index >= 15 is 0 Å². The minimum Gasteiger partial charge on any atom is -0.370 e. The number of halogens is 2. The first-order valence-corrected chi connectivity index (χ1v) is 8.44. The van der Waals surface area contributed by atoms with Crippen LogP contribution >= 0.6 is 35.7 Å². The highest BCUT2D eigenvalue weighted by Gasteiger charge is 2.11. The van der Waals surface area contributed by atoms with Gasteiger partial charge in [0.15, 0.2) is 5.96 Å². The van der Waals surface area contributed by atoms with Gasteiger partial charge in [0, 0.05) is 31.1 Å². The summed E-state index contributed by atoms with van der Waals surface area (Å²) in [5.41, 5.74) is 6.58. The molecule has 0 bridgehead atoms. The molecule has 1 aliphatic rings. The van der Waals surface area contributed by atoms with Crippen molar-refractivity contribution in [3.63, 3.8) is 0 Å². The summed E-state index contributed by atoms with van der Waals surface area (Å²) in [7, 11) is 0. The van der Waals surface area contributed by atoms with E-state index in [0.29, 0.717) is 24.6 Å². The normalized spacial score (nSPS) is 15.0. The van der Waals surface area contributed by atoms with Crippen molar-refractivity contribution >= 4 is 47.6 Å². The Labute approximate surface area is 157 Å². The first-order valence-electron chi connectivity index (χ1n) is 7.29. The fraction of sp³-hybridized carbons (Fsp3) is 0.467. The smallest absolute Gasteiger partial charge is 0.224 e. The summed E-state index contributed by atoms with van der Waals surface area (Å²) < 4.78 is 13.0. The molecule has 1 heterocycles. The third-order valence-corrected chi connectivity index (χ3v) is 4.24. The van der Waals surface area contributed by atoms with Gasteiger partial charge in [0.05, 0.1) is 13.0 Å². The summed E-state index contributed by atoms with van der Waals surface area (Å²) >= 11 is 1.91. The summed E-state index contributed by atoms with van der Waals surface area (Å²) in [6.45, 7) is 2.72. The van der Waals surface area contributed by atoms with Crippen molar-refractivity contribution in [3.05, 3.63) is 35.6 Å². The third kappa shape index (κ3) is 7.38. The van der Waals surface area contributed by atoms with Gasteiger partial charge in [-0.15, -0.1) is 24.0 Å². The van der Waals surface area contributed by atoms with Crippen LogP contribution in [0.5, 0.6) is 0 Å². The van der Waals surface area contributed by atoms with Crippen molar-refractivity contribution in [3.8, 4) is 0 Å². The molecule has 23 heavy (non-hydrogen) atoms. The number of amides is 1. The van der Waals surface area contributed by atoms with Crippen molar-refractivity contribution in [2.45, 2.75) is 6.42 Å². The molecule has 1 amide bonds. The molecule has 0 spiro atoms. The minimum atomic E-state index is -0.331. The minimum absolute atomic E-state index is 0. The molecule has 1 aromatic rings. The molecular formula is C15H22FIN4OS. The number of carbonyl (C=O) groups is 1. The molecule has 1 saturated heterocycles. The Morgan fingerprint density at radius 3 is 2.83 bits per heavy atom. The maximum atomic E-state index is 13.0. The highest BCUT2D eigenvalue weighted by Crippen LogP contribution is 2.08. The van der Waals surface area contributed by atoms with Crippen molar-refractivity contribution in [1.82, 2.24) is 10.2 Å². The summed E-state index contributed by atoms with van der Waals surface area (Å²) in [4.78, 5) is 18.1. The largest absolute Gasteiger partial charge is 0.370 e. The van der Waals surface area contributed by atoms with E-state index in [1.807, 2.05) is 11.8 Å². The Hall–Kier alpha value is -1.03. The van der Waals surface area contributed by atoms with Gasteiger partial charge in [-0.2, -0.15) is 11.8 Å². The maximum absolute atomic E-state index is 13.0. The lowest BCUT2D eigenvalue weighted by Gasteiger charge is -2.27. The molecule has 1 aromatic carbocycles. The monoisotopic (exact) mass is 452 g/mol. The highest BCUT2D eigenvalue weighted by molar-refractivity contribution is 14.0. The second-order valence-corrected chi connectivity index (χ2v) is 6.22. The second kappa shape index (κ2) is 10.7. The number of benzene rings is 1. The number of rotatable bonds is 5. The van der Waals surface area contributed by atoms with Crippen LogP contribution in [0.15, 0.2) is 29.3 Å². The summed E-state index contributed by atoms with van der Waals surface area (Å²) in [6, 6.07) is 6.05. The second-order valence-electron chi connectivity index (χ2n) is 5.00. The van der Waals surface area contributed by atoms with Crippen LogP contribution in [0.1, 0.15) is 5.56 Å². The highest BCUT2D eigenvalue weighted by atomic mass is 127. The van der Waals surface area contributed by atoms with Crippen molar-refractivity contribution < 1.29 is 9.18 Å². The number of hydrogen-bond acceptors (Lipinski definition) is 3. The average Bonchev–Trinajstić information content (AvgIpc) is 2.52. The van der Waals surface area contributed by atoms with Crippen LogP contribution in [-0.2, 0) is 11.2 Å². The lowest BCUT2D eigenvalue weighted by Crippen LogP contribution is -2.43. The first kappa shape index (κ1) is 20.0. The molecule has 0 aromatic heterocycles. The van der Waals surface area contributed by atoms with Crippen LogP contribution in [0.4, 0.5) is 4.39 Å². The number of nitrogens with two attached hydrogens (primary N) is 1. The molecule has 1 fully saturated rings. The standard InChI is InChI=1S/C15H21FN4OS.HI/c16-13-3-1-2-12(10-13)11-14(21)18-4-5-19-15(17)20-6-8-22-9-7-20;/h1-3,10H,4-9,11H2,(H2,17,19)(H,18,21);1H. The quantitative estimate of drug-likeness (QED) is 0.307. The number of thioether (sulfide) groups is 1. The van der Waals surface area contributed by atoms with Crippen molar-refractivity contribution in [2.75, 3.05) is 37.7 Å². The van der Waals surface area contributed by atoms with Gasteiger partial charge in [0.1, 0.15) is 5.82 Å². The molecule has 0 radical (unpaired) electrons. The molecule has 0 unspecified atom stereocenters. The van der Waals surface area contributed by atoms with Crippen molar-refractivity contribution in [2.24, 2.45) is 10.7 Å². The summed E-state index contributed by atoms with van der Waals surface area (Å²) in [6.07, 6.45) is 0.167. The van der Waals surface area contributed by atoms with Gasteiger partial charge in [0.25, 0.3) is 0 Å². The van der Waals surface area contributed by atoms with Gasteiger partial charge in [0.2, 0.25) is 5.91 Å². The molecular weight excluding hydrogens is 430 g/mol. The maximum Gasteiger partial charge on any atom is 0.224 e. The SMILES string of the molecule is I.NC(=NCCNC(=O)Cc1cccc(F)c1)N1CCSCC1. The van der Waals surface area contributed by atoms with E-state index < -0.39 is 0 Å². The number of guanidine groups is 1. The van der Waals surface area contributed by atoms with Crippen LogP contribution < -0.4 is 11.1 Å². The van der Waals surface area contributed by atoms with Gasteiger partial charge in [-0.3, -0.25) is 9.79 Å².